The van der Waals surface area contributed by atoms with Crippen molar-refractivity contribution in [3.8, 4) is 0 Å². The Labute approximate surface area is 133 Å². The molecular weight excluding hydrogens is 388 g/mol. The highest BCUT2D eigenvalue weighted by Gasteiger charge is 2.66. The van der Waals surface area contributed by atoms with Crippen LogP contribution in [0.25, 0.3) is 0 Å². The summed E-state index contributed by atoms with van der Waals surface area (Å²) < 4.78 is 0. The van der Waals surface area contributed by atoms with Crippen molar-refractivity contribution >= 4 is 49.4 Å². The largest absolute Gasteiger partial charge is 0.274 e. The number of halogens is 2. The van der Waals surface area contributed by atoms with Crippen LogP contribution in [0.5, 0.6) is 0 Å². The Bertz CT molecular complexity index is 562. The number of carbonyl (C=O) groups is 2. The molecule has 104 valence electrons. The van der Waals surface area contributed by atoms with E-state index in [9.17, 15) is 9.59 Å². The van der Waals surface area contributed by atoms with Crippen LogP contribution in [-0.4, -0.2) is 26.5 Å². The molecule has 3 aliphatic rings. The molecule has 0 aromatic carbocycles. The Morgan fingerprint density at radius 3 is 2.20 bits per heavy atom. The van der Waals surface area contributed by atoms with Gasteiger partial charge in [-0.05, 0) is 30.4 Å². The maximum atomic E-state index is 12.7. The van der Waals surface area contributed by atoms with Gasteiger partial charge in [0.25, 0.3) is 0 Å². The number of amides is 2. The van der Waals surface area contributed by atoms with Crippen molar-refractivity contribution in [3.63, 3.8) is 0 Å². The van der Waals surface area contributed by atoms with Gasteiger partial charge >= 0.3 is 0 Å². The molecule has 0 radical (unpaired) electrons. The molecule has 20 heavy (non-hydrogen) atoms. The van der Waals surface area contributed by atoms with E-state index >= 15 is 0 Å². The number of hydrogen-bond acceptors (Lipinski definition) is 3. The molecule has 4 rings (SSSR count). The van der Waals surface area contributed by atoms with Crippen LogP contribution in [0.15, 0.2) is 24.5 Å². The molecule has 2 saturated carbocycles. The number of aromatic nitrogens is 1. The number of imide groups is 1. The predicted octanol–water partition coefficient (Wildman–Crippen LogP) is 2.36. The lowest BCUT2D eigenvalue weighted by Gasteiger charge is -2.28. The molecule has 2 amide bonds. The fourth-order valence-corrected chi connectivity index (χ4v) is 5.96. The zero-order chi connectivity index (χ0) is 14.0. The first kappa shape index (κ1) is 13.0. The minimum atomic E-state index is -0.161. The van der Waals surface area contributed by atoms with E-state index in [2.05, 4.69) is 36.8 Å². The quantitative estimate of drug-likeness (QED) is 0.538. The standard InChI is InChI=1S/C14H12Br2N2O2/c15-11-7-4-8(12(11)16)10-9(7)13(19)18(14(10)20)6-2-1-3-17-5-6/h1-3,5,7-12H,4H2/t7-,8-,9-,10-,11-,12+/m1/s1. The van der Waals surface area contributed by atoms with Crippen LogP contribution < -0.4 is 4.90 Å². The molecular formula is C14H12Br2N2O2. The smallest absolute Gasteiger partial charge is 0.238 e. The number of fused-ring (bicyclic) bond motifs is 5. The summed E-state index contributed by atoms with van der Waals surface area (Å²) in [5, 5.41) is 0. The number of hydrogen-bond donors (Lipinski definition) is 0. The minimum absolute atomic E-state index is 0.0515. The van der Waals surface area contributed by atoms with E-state index in [4.69, 9.17) is 0 Å². The fraction of sp³-hybridized carbons (Fsp3) is 0.500. The zero-order valence-corrected chi connectivity index (χ0v) is 13.6. The zero-order valence-electron chi connectivity index (χ0n) is 10.4. The van der Waals surface area contributed by atoms with Gasteiger partial charge in [0, 0.05) is 15.9 Å². The average molecular weight is 400 g/mol. The molecule has 1 saturated heterocycles. The molecule has 6 heteroatoms. The second-order valence-electron chi connectivity index (χ2n) is 5.73. The SMILES string of the molecule is O=C1[C@@H]2[C@H]3C[C@@H]([C@@H](Br)[C@H]3Br)[C@H]2C(=O)N1c1cccnc1. The average Bonchev–Trinajstić information content (AvgIpc) is 3.05. The van der Waals surface area contributed by atoms with Gasteiger partial charge in [-0.15, -0.1) is 0 Å². The second kappa shape index (κ2) is 4.37. The maximum absolute atomic E-state index is 12.7. The van der Waals surface area contributed by atoms with Crippen molar-refractivity contribution in [2.75, 3.05) is 4.90 Å². The minimum Gasteiger partial charge on any atom is -0.274 e. The summed E-state index contributed by atoms with van der Waals surface area (Å²) in [4.78, 5) is 31.3. The Balaban J connectivity index is 1.75. The third-order valence-electron chi connectivity index (χ3n) is 4.89. The number of alkyl halides is 2. The number of rotatable bonds is 1. The van der Waals surface area contributed by atoms with Crippen LogP contribution in [0, 0.1) is 23.7 Å². The first-order valence-corrected chi connectivity index (χ1v) is 8.50. The van der Waals surface area contributed by atoms with Crippen LogP contribution in [0.2, 0.25) is 0 Å². The van der Waals surface area contributed by atoms with Gasteiger partial charge in [-0.3, -0.25) is 14.6 Å². The molecule has 3 fully saturated rings. The molecule has 6 atom stereocenters. The molecule has 2 heterocycles. The Hall–Kier alpha value is -0.750. The van der Waals surface area contributed by atoms with Crippen molar-refractivity contribution in [2.45, 2.75) is 16.1 Å². The van der Waals surface area contributed by atoms with E-state index in [-0.39, 0.29) is 45.1 Å². The highest BCUT2D eigenvalue weighted by atomic mass is 79.9. The van der Waals surface area contributed by atoms with Gasteiger partial charge in [0.15, 0.2) is 0 Å². The predicted molar refractivity (Wildman–Crippen MR) is 80.7 cm³/mol. The number of pyridine rings is 1. The van der Waals surface area contributed by atoms with E-state index in [0.29, 0.717) is 5.69 Å². The van der Waals surface area contributed by atoms with Gasteiger partial charge in [0.1, 0.15) is 0 Å². The molecule has 2 bridgehead atoms. The van der Waals surface area contributed by atoms with Gasteiger partial charge in [-0.1, -0.05) is 31.9 Å². The van der Waals surface area contributed by atoms with E-state index in [1.54, 1.807) is 24.5 Å². The lowest BCUT2D eigenvalue weighted by molar-refractivity contribution is -0.123. The fourth-order valence-electron chi connectivity index (χ4n) is 4.09. The number of nitrogens with zero attached hydrogens (tertiary/aromatic N) is 2. The summed E-state index contributed by atoms with van der Waals surface area (Å²) in [5.41, 5.74) is 0.591. The number of anilines is 1. The lowest BCUT2D eigenvalue weighted by atomic mass is 9.81. The van der Waals surface area contributed by atoms with E-state index in [1.165, 1.54) is 4.90 Å². The normalized spacial score (nSPS) is 42.4. The van der Waals surface area contributed by atoms with E-state index < -0.39 is 0 Å². The van der Waals surface area contributed by atoms with Crippen LogP contribution in [0.4, 0.5) is 5.69 Å². The van der Waals surface area contributed by atoms with E-state index in [0.717, 1.165) is 6.42 Å². The summed E-state index contributed by atoms with van der Waals surface area (Å²) in [6.07, 6.45) is 4.18. The van der Waals surface area contributed by atoms with Crippen LogP contribution in [0.1, 0.15) is 6.42 Å². The molecule has 1 aromatic heterocycles. The number of carbonyl (C=O) groups excluding carboxylic acids is 2. The molecule has 1 aromatic rings. The third-order valence-corrected chi connectivity index (χ3v) is 8.10. The molecule has 0 spiro atoms. The first-order chi connectivity index (χ1) is 9.61. The van der Waals surface area contributed by atoms with Crippen molar-refractivity contribution in [2.24, 2.45) is 23.7 Å². The van der Waals surface area contributed by atoms with E-state index in [1.807, 2.05) is 0 Å². The maximum Gasteiger partial charge on any atom is 0.238 e. The van der Waals surface area contributed by atoms with Crippen molar-refractivity contribution in [3.05, 3.63) is 24.5 Å². The summed E-state index contributed by atoms with van der Waals surface area (Å²) in [5.74, 6) is 0.0884. The van der Waals surface area contributed by atoms with Crippen molar-refractivity contribution in [1.29, 1.82) is 0 Å². The highest BCUT2D eigenvalue weighted by Crippen LogP contribution is 2.60. The van der Waals surface area contributed by atoms with Crippen LogP contribution in [0.3, 0.4) is 0 Å². The Morgan fingerprint density at radius 2 is 1.70 bits per heavy atom. The summed E-state index contributed by atoms with van der Waals surface area (Å²) in [6, 6.07) is 3.52. The Morgan fingerprint density at radius 1 is 1.10 bits per heavy atom. The van der Waals surface area contributed by atoms with Gasteiger partial charge in [0.2, 0.25) is 11.8 Å². The van der Waals surface area contributed by atoms with Gasteiger partial charge in [-0.25, -0.2) is 4.90 Å². The molecule has 1 aliphatic heterocycles. The summed E-state index contributed by atoms with van der Waals surface area (Å²) in [7, 11) is 0. The topological polar surface area (TPSA) is 50.3 Å². The highest BCUT2D eigenvalue weighted by molar-refractivity contribution is 9.12. The summed E-state index contributed by atoms with van der Waals surface area (Å²) in [6.45, 7) is 0. The van der Waals surface area contributed by atoms with Crippen molar-refractivity contribution in [1.82, 2.24) is 4.98 Å². The lowest BCUT2D eigenvalue weighted by Crippen LogP contribution is -2.37. The molecule has 0 unspecified atom stereocenters. The van der Waals surface area contributed by atoms with Crippen molar-refractivity contribution < 1.29 is 9.59 Å². The second-order valence-corrected chi connectivity index (χ2v) is 7.84. The molecule has 4 nitrogen and oxygen atoms in total. The van der Waals surface area contributed by atoms with Crippen LogP contribution >= 0.6 is 31.9 Å². The molecule has 0 N–H and O–H groups in total. The van der Waals surface area contributed by atoms with Gasteiger partial charge in [0.05, 0.1) is 23.7 Å². The monoisotopic (exact) mass is 398 g/mol. The Kier molecular flexibility index (Phi) is 2.83. The van der Waals surface area contributed by atoms with Gasteiger partial charge in [-0.2, -0.15) is 0 Å². The summed E-state index contributed by atoms with van der Waals surface area (Å²) >= 11 is 7.36. The molecule has 2 aliphatic carbocycles. The first-order valence-electron chi connectivity index (χ1n) is 6.67. The third kappa shape index (κ3) is 1.49. The van der Waals surface area contributed by atoms with Crippen LogP contribution in [-0.2, 0) is 9.59 Å². The van der Waals surface area contributed by atoms with Gasteiger partial charge < -0.3 is 0 Å².